The number of nitrogens with zero attached hydrogens (tertiary/aromatic N) is 3. The first-order valence-corrected chi connectivity index (χ1v) is 9.67. The maximum atomic E-state index is 13.1. The molecular weight excluding hydrogens is 370 g/mol. The molecule has 3 rings (SSSR count). The van der Waals surface area contributed by atoms with E-state index in [0.717, 1.165) is 0 Å². The summed E-state index contributed by atoms with van der Waals surface area (Å²) in [4.78, 5) is 4.12. The number of methoxy groups -OCH3 is 2. The molecule has 0 radical (unpaired) electrons. The number of hydrogen-bond acceptors (Lipinski definition) is 7. The van der Waals surface area contributed by atoms with Crippen LogP contribution in [0.5, 0.6) is 17.4 Å². The van der Waals surface area contributed by atoms with Crippen molar-refractivity contribution in [1.29, 1.82) is 5.26 Å². The number of ether oxygens (including phenoxy) is 3. The summed E-state index contributed by atoms with van der Waals surface area (Å²) >= 11 is 0. The van der Waals surface area contributed by atoms with Crippen LogP contribution in [0.1, 0.15) is 12.0 Å². The summed E-state index contributed by atoms with van der Waals surface area (Å²) in [6.45, 7) is 0.493. The van der Waals surface area contributed by atoms with Crippen LogP contribution < -0.4 is 14.2 Å². The van der Waals surface area contributed by atoms with Crippen LogP contribution in [0.3, 0.4) is 0 Å². The number of sulfonamides is 1. The normalized spacial score (nSPS) is 17.3. The molecule has 1 fully saturated rings. The van der Waals surface area contributed by atoms with Gasteiger partial charge >= 0.3 is 0 Å². The van der Waals surface area contributed by atoms with Gasteiger partial charge in [0.1, 0.15) is 22.5 Å². The average molecular weight is 389 g/mol. The lowest BCUT2D eigenvalue weighted by molar-refractivity contribution is 0.207. The number of benzene rings is 1. The molecule has 27 heavy (non-hydrogen) atoms. The lowest BCUT2D eigenvalue weighted by atomic mass is 10.3. The van der Waals surface area contributed by atoms with Crippen molar-refractivity contribution in [2.45, 2.75) is 17.4 Å². The van der Waals surface area contributed by atoms with Crippen LogP contribution >= 0.6 is 0 Å². The average Bonchev–Trinajstić information content (AvgIpc) is 3.17. The van der Waals surface area contributed by atoms with E-state index in [0.29, 0.717) is 30.2 Å². The molecule has 1 atom stereocenters. The topological polar surface area (TPSA) is 102 Å². The Morgan fingerprint density at radius 1 is 1.22 bits per heavy atom. The van der Waals surface area contributed by atoms with E-state index in [1.165, 1.54) is 36.9 Å². The predicted octanol–water partition coefficient (Wildman–Crippen LogP) is 1.81. The van der Waals surface area contributed by atoms with Gasteiger partial charge in [0.05, 0.1) is 32.4 Å². The van der Waals surface area contributed by atoms with Crippen molar-refractivity contribution in [3.8, 4) is 23.4 Å². The Bertz CT molecular complexity index is 971. The SMILES string of the molecule is COc1ccc(OC)c(S(=O)(=O)N2CCC(Oc3cc(C#N)ccn3)C2)c1. The molecule has 2 heterocycles. The number of nitriles is 1. The van der Waals surface area contributed by atoms with Crippen LogP contribution in [0.4, 0.5) is 0 Å². The van der Waals surface area contributed by atoms with Crippen LogP contribution in [-0.2, 0) is 10.0 Å². The highest BCUT2D eigenvalue weighted by Crippen LogP contribution is 2.32. The van der Waals surface area contributed by atoms with Crippen molar-refractivity contribution >= 4 is 10.0 Å². The maximum Gasteiger partial charge on any atom is 0.247 e. The Labute approximate surface area is 158 Å². The van der Waals surface area contributed by atoms with Crippen molar-refractivity contribution < 1.29 is 22.6 Å². The number of aromatic nitrogens is 1. The van der Waals surface area contributed by atoms with Crippen LogP contribution in [0.25, 0.3) is 0 Å². The Morgan fingerprint density at radius 2 is 2.04 bits per heavy atom. The van der Waals surface area contributed by atoms with E-state index < -0.39 is 10.0 Å². The molecule has 1 aliphatic rings. The van der Waals surface area contributed by atoms with Gasteiger partial charge < -0.3 is 14.2 Å². The second-order valence-corrected chi connectivity index (χ2v) is 7.81. The molecule has 1 unspecified atom stereocenters. The molecule has 1 aliphatic heterocycles. The van der Waals surface area contributed by atoms with Gasteiger partial charge in [-0.3, -0.25) is 0 Å². The first-order chi connectivity index (χ1) is 13.0. The third kappa shape index (κ3) is 3.97. The third-order valence-corrected chi connectivity index (χ3v) is 6.13. The smallest absolute Gasteiger partial charge is 0.247 e. The van der Waals surface area contributed by atoms with Gasteiger partial charge in [-0.05, 0) is 24.6 Å². The second-order valence-electron chi connectivity index (χ2n) is 5.90. The molecule has 0 spiro atoms. The fraction of sp³-hybridized carbons (Fsp3) is 0.333. The van der Waals surface area contributed by atoms with Crippen molar-refractivity contribution in [2.75, 3.05) is 27.3 Å². The number of hydrogen-bond donors (Lipinski definition) is 0. The Balaban J connectivity index is 1.78. The van der Waals surface area contributed by atoms with Gasteiger partial charge in [0.15, 0.2) is 0 Å². The van der Waals surface area contributed by atoms with Gasteiger partial charge in [-0.25, -0.2) is 13.4 Å². The molecule has 0 amide bonds. The largest absolute Gasteiger partial charge is 0.497 e. The van der Waals surface area contributed by atoms with Gasteiger partial charge in [0, 0.05) is 24.9 Å². The summed E-state index contributed by atoms with van der Waals surface area (Å²) in [6, 6.07) is 9.77. The van der Waals surface area contributed by atoms with Gasteiger partial charge in [-0.1, -0.05) is 0 Å². The zero-order chi connectivity index (χ0) is 19.4. The Kier molecular flexibility index (Phi) is 5.48. The fourth-order valence-electron chi connectivity index (χ4n) is 2.85. The molecule has 142 valence electrons. The quantitative estimate of drug-likeness (QED) is 0.742. The molecule has 0 saturated carbocycles. The van der Waals surface area contributed by atoms with Gasteiger partial charge in [0.2, 0.25) is 15.9 Å². The molecule has 1 aromatic heterocycles. The summed E-state index contributed by atoms with van der Waals surface area (Å²) in [5.74, 6) is 0.986. The predicted molar refractivity (Wildman–Crippen MR) is 96.3 cm³/mol. The van der Waals surface area contributed by atoms with E-state index in [9.17, 15) is 8.42 Å². The van der Waals surface area contributed by atoms with E-state index in [4.69, 9.17) is 19.5 Å². The molecule has 9 heteroatoms. The Hall–Kier alpha value is -2.83. The summed E-state index contributed by atoms with van der Waals surface area (Å²) in [5.41, 5.74) is 0.434. The summed E-state index contributed by atoms with van der Waals surface area (Å²) in [6.07, 6.45) is 1.65. The van der Waals surface area contributed by atoms with Crippen molar-refractivity contribution in [3.63, 3.8) is 0 Å². The Morgan fingerprint density at radius 3 is 2.74 bits per heavy atom. The zero-order valence-corrected chi connectivity index (χ0v) is 15.8. The monoisotopic (exact) mass is 389 g/mol. The molecule has 8 nitrogen and oxygen atoms in total. The lowest BCUT2D eigenvalue weighted by Crippen LogP contribution is -2.31. The van der Waals surface area contributed by atoms with Gasteiger partial charge in [-0.15, -0.1) is 0 Å². The van der Waals surface area contributed by atoms with Crippen molar-refractivity contribution in [3.05, 3.63) is 42.1 Å². The van der Waals surface area contributed by atoms with E-state index in [1.54, 1.807) is 18.2 Å². The van der Waals surface area contributed by atoms with E-state index in [1.807, 2.05) is 6.07 Å². The zero-order valence-electron chi connectivity index (χ0n) is 15.0. The van der Waals surface area contributed by atoms with E-state index in [-0.39, 0.29) is 23.3 Å². The van der Waals surface area contributed by atoms with E-state index in [2.05, 4.69) is 4.98 Å². The van der Waals surface area contributed by atoms with Gasteiger partial charge in [-0.2, -0.15) is 9.57 Å². The standard InChI is InChI=1S/C18H19N3O5S/c1-24-14-3-4-16(25-2)17(10-14)27(22,23)21-8-6-15(12-21)26-18-9-13(11-19)5-7-20-18/h3-5,7,9-10,15H,6,8,12H2,1-2H3. The second kappa shape index (κ2) is 7.82. The van der Waals surface area contributed by atoms with Gasteiger partial charge in [0.25, 0.3) is 0 Å². The summed E-state index contributed by atoms with van der Waals surface area (Å²) in [7, 11) is -0.883. The minimum absolute atomic E-state index is 0.0506. The highest BCUT2D eigenvalue weighted by molar-refractivity contribution is 7.89. The molecule has 0 aliphatic carbocycles. The summed E-state index contributed by atoms with van der Waals surface area (Å²) in [5, 5.41) is 8.95. The first kappa shape index (κ1) is 18.9. The summed E-state index contributed by atoms with van der Waals surface area (Å²) < 4.78 is 43.6. The molecule has 0 bridgehead atoms. The minimum Gasteiger partial charge on any atom is -0.497 e. The molecule has 2 aromatic rings. The minimum atomic E-state index is -3.78. The van der Waals surface area contributed by atoms with Crippen LogP contribution in [0.2, 0.25) is 0 Å². The first-order valence-electron chi connectivity index (χ1n) is 8.23. The van der Waals surface area contributed by atoms with Crippen LogP contribution in [0, 0.1) is 11.3 Å². The molecule has 1 aromatic carbocycles. The maximum absolute atomic E-state index is 13.1. The fourth-order valence-corrected chi connectivity index (χ4v) is 4.51. The molecule has 1 saturated heterocycles. The van der Waals surface area contributed by atoms with E-state index >= 15 is 0 Å². The van der Waals surface area contributed by atoms with Crippen molar-refractivity contribution in [1.82, 2.24) is 9.29 Å². The highest BCUT2D eigenvalue weighted by Gasteiger charge is 2.35. The number of rotatable bonds is 6. The van der Waals surface area contributed by atoms with Crippen LogP contribution in [-0.4, -0.2) is 51.1 Å². The number of pyridine rings is 1. The highest BCUT2D eigenvalue weighted by atomic mass is 32.2. The molecular formula is C18H19N3O5S. The lowest BCUT2D eigenvalue weighted by Gasteiger charge is -2.19. The van der Waals surface area contributed by atoms with Crippen molar-refractivity contribution in [2.24, 2.45) is 0 Å². The third-order valence-electron chi connectivity index (χ3n) is 4.25. The molecule has 0 N–H and O–H groups in total. The van der Waals surface area contributed by atoms with Crippen LogP contribution in [0.15, 0.2) is 41.4 Å².